The van der Waals surface area contributed by atoms with Crippen molar-refractivity contribution in [3.8, 4) is 5.69 Å². The minimum absolute atomic E-state index is 0.0335. The van der Waals surface area contributed by atoms with Crippen LogP contribution in [-0.2, 0) is 4.79 Å². The highest BCUT2D eigenvalue weighted by Crippen LogP contribution is 2.20. The Kier molecular flexibility index (Phi) is 6.76. The maximum absolute atomic E-state index is 12.7. The number of nitrogens with one attached hydrogen (secondary N) is 1. The van der Waals surface area contributed by atoms with Gasteiger partial charge in [-0.3, -0.25) is 14.2 Å². The lowest BCUT2D eigenvalue weighted by Crippen LogP contribution is -2.35. The highest BCUT2D eigenvalue weighted by molar-refractivity contribution is 9.10. The third-order valence-corrected chi connectivity index (χ3v) is 5.53. The number of hydrogen-bond acceptors (Lipinski definition) is 4. The van der Waals surface area contributed by atoms with Gasteiger partial charge < -0.3 is 10.2 Å². The zero-order chi connectivity index (χ0) is 21.0. The summed E-state index contributed by atoms with van der Waals surface area (Å²) >= 11 is 4.95. The number of halogens is 1. The van der Waals surface area contributed by atoms with Crippen LogP contribution in [0.2, 0.25) is 0 Å². The molecule has 0 atom stereocenters. The van der Waals surface area contributed by atoms with Crippen molar-refractivity contribution in [3.05, 3.63) is 70.5 Å². The monoisotopic (exact) mass is 472 g/mol. The van der Waals surface area contributed by atoms with Crippen molar-refractivity contribution in [3.63, 3.8) is 0 Å². The Morgan fingerprint density at radius 2 is 1.93 bits per heavy atom. The second-order valence-corrected chi connectivity index (χ2v) is 8.19. The van der Waals surface area contributed by atoms with E-state index >= 15 is 0 Å². The molecular weight excluding hydrogens is 452 g/mol. The summed E-state index contributed by atoms with van der Waals surface area (Å²) in [6.07, 6.45) is 5.58. The Labute approximate surface area is 182 Å². The van der Waals surface area contributed by atoms with Crippen LogP contribution in [0.3, 0.4) is 0 Å². The first-order chi connectivity index (χ1) is 13.9. The highest BCUT2D eigenvalue weighted by atomic mass is 79.9. The standard InChI is InChI=1S/C21H21BrN4O2S/c1-14-12-16(22)6-9-18(14)24-19(27)13-25(2)20(28)15-4-7-17(8-5-15)26-11-10-23-21(26)29-3/h4-12H,13H2,1-3H3,(H,24,27). The third-order valence-electron chi connectivity index (χ3n) is 4.37. The first-order valence-electron chi connectivity index (χ1n) is 8.88. The molecule has 0 bridgehead atoms. The van der Waals surface area contributed by atoms with Crippen LogP contribution in [0.15, 0.2) is 64.5 Å². The second kappa shape index (κ2) is 9.28. The van der Waals surface area contributed by atoms with Crippen LogP contribution in [0.1, 0.15) is 15.9 Å². The molecule has 1 aromatic heterocycles. The van der Waals surface area contributed by atoms with Gasteiger partial charge in [0.05, 0.1) is 6.54 Å². The number of hydrogen-bond donors (Lipinski definition) is 1. The molecule has 2 amide bonds. The predicted molar refractivity (Wildman–Crippen MR) is 120 cm³/mol. The second-order valence-electron chi connectivity index (χ2n) is 6.50. The number of anilines is 1. The lowest BCUT2D eigenvalue weighted by atomic mass is 10.2. The average molecular weight is 473 g/mol. The summed E-state index contributed by atoms with van der Waals surface area (Å²) in [4.78, 5) is 30.7. The van der Waals surface area contributed by atoms with E-state index in [-0.39, 0.29) is 18.4 Å². The Hall–Kier alpha value is -2.58. The van der Waals surface area contributed by atoms with Crippen molar-refractivity contribution in [2.75, 3.05) is 25.2 Å². The van der Waals surface area contributed by atoms with Crippen LogP contribution >= 0.6 is 27.7 Å². The normalized spacial score (nSPS) is 10.6. The fraction of sp³-hybridized carbons (Fsp3) is 0.190. The van der Waals surface area contributed by atoms with E-state index in [2.05, 4.69) is 26.2 Å². The minimum atomic E-state index is -0.245. The van der Waals surface area contributed by atoms with Gasteiger partial charge in [-0.05, 0) is 61.2 Å². The van der Waals surface area contributed by atoms with Crippen molar-refractivity contribution < 1.29 is 9.59 Å². The molecule has 8 heteroatoms. The number of imidazole rings is 1. The Morgan fingerprint density at radius 1 is 1.21 bits per heavy atom. The zero-order valence-corrected chi connectivity index (χ0v) is 18.8. The molecule has 0 aliphatic carbocycles. The predicted octanol–water partition coefficient (Wildman–Crippen LogP) is 4.38. The van der Waals surface area contributed by atoms with Gasteiger partial charge in [-0.25, -0.2) is 4.98 Å². The SMILES string of the molecule is CSc1nccn1-c1ccc(C(=O)N(C)CC(=O)Nc2ccc(Br)cc2C)cc1. The van der Waals surface area contributed by atoms with Gasteiger partial charge in [0.2, 0.25) is 5.91 Å². The first-order valence-corrected chi connectivity index (χ1v) is 10.9. The number of rotatable bonds is 6. The minimum Gasteiger partial charge on any atom is -0.332 e. The quantitative estimate of drug-likeness (QED) is 0.540. The topological polar surface area (TPSA) is 67.2 Å². The molecule has 0 spiro atoms. The number of amides is 2. The zero-order valence-electron chi connectivity index (χ0n) is 16.3. The molecule has 6 nitrogen and oxygen atoms in total. The van der Waals surface area contributed by atoms with Gasteiger partial charge in [-0.15, -0.1) is 0 Å². The molecule has 2 aromatic carbocycles. The van der Waals surface area contributed by atoms with Crippen LogP contribution in [-0.4, -0.2) is 46.1 Å². The van der Waals surface area contributed by atoms with Crippen molar-refractivity contribution >= 4 is 45.2 Å². The average Bonchev–Trinajstić information content (AvgIpc) is 3.18. The number of likely N-dealkylation sites (N-methyl/N-ethyl adjacent to an activating group) is 1. The lowest BCUT2D eigenvalue weighted by molar-refractivity contribution is -0.116. The lowest BCUT2D eigenvalue weighted by Gasteiger charge is -2.18. The van der Waals surface area contributed by atoms with E-state index in [4.69, 9.17) is 0 Å². The van der Waals surface area contributed by atoms with Crippen LogP contribution in [0.5, 0.6) is 0 Å². The first kappa shape index (κ1) is 21.1. The van der Waals surface area contributed by atoms with E-state index in [0.29, 0.717) is 5.56 Å². The largest absolute Gasteiger partial charge is 0.332 e. The van der Waals surface area contributed by atoms with Crippen molar-refractivity contribution in [1.82, 2.24) is 14.5 Å². The van der Waals surface area contributed by atoms with E-state index < -0.39 is 0 Å². The van der Waals surface area contributed by atoms with Crippen LogP contribution in [0.25, 0.3) is 5.69 Å². The molecule has 0 unspecified atom stereocenters. The van der Waals surface area contributed by atoms with Crippen molar-refractivity contribution in [2.24, 2.45) is 0 Å². The number of carbonyl (C=O) groups excluding carboxylic acids is 2. The Bertz CT molecular complexity index is 1030. The van der Waals surface area contributed by atoms with E-state index in [1.54, 1.807) is 37.1 Å². The van der Waals surface area contributed by atoms with Gasteiger partial charge >= 0.3 is 0 Å². The molecule has 1 N–H and O–H groups in total. The highest BCUT2D eigenvalue weighted by Gasteiger charge is 2.16. The number of carbonyl (C=O) groups is 2. The summed E-state index contributed by atoms with van der Waals surface area (Å²) in [5.74, 6) is -0.458. The summed E-state index contributed by atoms with van der Waals surface area (Å²) in [6.45, 7) is 1.88. The molecule has 150 valence electrons. The number of nitrogens with zero attached hydrogens (tertiary/aromatic N) is 3. The van der Waals surface area contributed by atoms with E-state index in [0.717, 1.165) is 26.6 Å². The number of thioether (sulfide) groups is 1. The summed E-state index contributed by atoms with van der Waals surface area (Å²) in [5.41, 5.74) is 3.12. The summed E-state index contributed by atoms with van der Waals surface area (Å²) in [5, 5.41) is 3.72. The smallest absolute Gasteiger partial charge is 0.254 e. The molecule has 0 aliphatic heterocycles. The fourth-order valence-corrected chi connectivity index (χ4v) is 3.87. The molecule has 0 saturated carbocycles. The Morgan fingerprint density at radius 3 is 2.59 bits per heavy atom. The van der Waals surface area contributed by atoms with Gasteiger partial charge in [0, 0.05) is 40.9 Å². The van der Waals surface area contributed by atoms with Crippen LogP contribution in [0.4, 0.5) is 5.69 Å². The summed E-state index contributed by atoms with van der Waals surface area (Å²) in [7, 11) is 1.62. The molecule has 0 aliphatic rings. The molecule has 3 rings (SSSR count). The molecule has 29 heavy (non-hydrogen) atoms. The molecule has 3 aromatic rings. The van der Waals surface area contributed by atoms with E-state index in [9.17, 15) is 9.59 Å². The van der Waals surface area contributed by atoms with Crippen LogP contribution < -0.4 is 5.32 Å². The molecule has 0 saturated heterocycles. The maximum atomic E-state index is 12.7. The molecular formula is C21H21BrN4O2S. The van der Waals surface area contributed by atoms with Crippen molar-refractivity contribution in [1.29, 1.82) is 0 Å². The molecule has 0 radical (unpaired) electrons. The molecule has 0 fully saturated rings. The number of benzene rings is 2. The van der Waals surface area contributed by atoms with E-state index in [1.165, 1.54) is 4.90 Å². The van der Waals surface area contributed by atoms with Crippen LogP contribution in [0, 0.1) is 6.92 Å². The van der Waals surface area contributed by atoms with Gasteiger partial charge in [0.15, 0.2) is 5.16 Å². The van der Waals surface area contributed by atoms with Gasteiger partial charge in [0.1, 0.15) is 0 Å². The van der Waals surface area contributed by atoms with Crippen molar-refractivity contribution in [2.45, 2.75) is 12.1 Å². The van der Waals surface area contributed by atoms with Gasteiger partial charge in [-0.1, -0.05) is 27.7 Å². The van der Waals surface area contributed by atoms with Gasteiger partial charge in [-0.2, -0.15) is 0 Å². The fourth-order valence-electron chi connectivity index (χ4n) is 2.87. The third kappa shape index (κ3) is 5.07. The maximum Gasteiger partial charge on any atom is 0.254 e. The summed E-state index contributed by atoms with van der Waals surface area (Å²) in [6, 6.07) is 12.9. The Balaban J connectivity index is 1.64. The summed E-state index contributed by atoms with van der Waals surface area (Å²) < 4.78 is 2.90. The molecule has 1 heterocycles. The van der Waals surface area contributed by atoms with Gasteiger partial charge in [0.25, 0.3) is 5.91 Å². The van der Waals surface area contributed by atoms with E-state index in [1.807, 2.05) is 54.3 Å². The number of aromatic nitrogens is 2. The number of aryl methyl sites for hydroxylation is 1.